The second-order valence-electron chi connectivity index (χ2n) is 1.19. The van der Waals surface area contributed by atoms with Crippen molar-refractivity contribution in [3.05, 3.63) is 0 Å². The highest BCUT2D eigenvalue weighted by molar-refractivity contribution is 8.10. The van der Waals surface area contributed by atoms with E-state index in [4.69, 9.17) is 27.1 Å². The van der Waals surface area contributed by atoms with Gasteiger partial charge in [-0.15, -0.1) is 0 Å². The average molecular weight is 185 g/mol. The van der Waals surface area contributed by atoms with E-state index >= 15 is 0 Å². The van der Waals surface area contributed by atoms with Crippen molar-refractivity contribution in [2.45, 2.75) is 0 Å². The van der Waals surface area contributed by atoms with Crippen molar-refractivity contribution >= 4 is 30.0 Å². The molecule has 0 fully saturated rings. The quantitative estimate of drug-likeness (QED) is 0.480. The van der Waals surface area contributed by atoms with E-state index in [9.17, 15) is 0 Å². The Morgan fingerprint density at radius 3 is 2.56 bits per heavy atom. The molecule has 0 aromatic rings. The molecule has 0 aromatic carbocycles. The maximum Gasteiger partial charge on any atom is 0.193 e. The van der Waals surface area contributed by atoms with Crippen LogP contribution in [0.1, 0.15) is 0 Å². The summed E-state index contributed by atoms with van der Waals surface area (Å²) in [4.78, 5) is 0. The first kappa shape index (κ1) is 9.38. The first-order valence-corrected chi connectivity index (χ1v) is 5.20. The van der Waals surface area contributed by atoms with E-state index in [-0.39, 0.29) is 6.61 Å². The highest BCUT2D eigenvalue weighted by Gasteiger charge is 1.98. The molecule has 3 nitrogen and oxygen atoms in total. The number of hydrogen-bond acceptors (Lipinski definition) is 2. The largest absolute Gasteiger partial charge is 0.314 e. The number of rotatable bonds is 2. The third kappa shape index (κ3) is 8.38. The lowest BCUT2D eigenvalue weighted by Gasteiger charge is -2.06. The summed E-state index contributed by atoms with van der Waals surface area (Å²) in [6.45, 7) is -2.42. The summed E-state index contributed by atoms with van der Waals surface area (Å²) in [5, 5.41) is 2.10. The molecule has 52 valence electrons. The van der Waals surface area contributed by atoms with E-state index in [1.165, 1.54) is 0 Å². The third-order valence-electron chi connectivity index (χ3n) is 0.405. The Kier molecular flexibility index (Phi) is 4.41. The maximum absolute atomic E-state index is 5.15. The Morgan fingerprint density at radius 2 is 2.22 bits per heavy atom. The Balaban J connectivity index is 3.48. The van der Waals surface area contributed by atoms with Crippen molar-refractivity contribution in [3.8, 4) is 11.3 Å². The first-order chi connectivity index (χ1) is 4.06. The van der Waals surface area contributed by atoms with Crippen LogP contribution in [0.2, 0.25) is 0 Å². The van der Waals surface area contributed by atoms with Gasteiger partial charge in [-0.05, 0) is 23.4 Å². The van der Waals surface area contributed by atoms with Crippen LogP contribution >= 0.6 is 18.2 Å². The van der Waals surface area contributed by atoms with Gasteiger partial charge in [0.25, 0.3) is 0 Å². The summed E-state index contributed by atoms with van der Waals surface area (Å²) in [5.41, 5.74) is 10.3. The summed E-state index contributed by atoms with van der Waals surface area (Å²) in [6.07, 6.45) is 0. The van der Waals surface area contributed by atoms with Crippen LogP contribution in [0.25, 0.3) is 0 Å². The monoisotopic (exact) mass is 184 g/mol. The van der Waals surface area contributed by atoms with Gasteiger partial charge in [-0.2, -0.15) is 0 Å². The number of hydrogen-bond donors (Lipinski definition) is 2. The Hall–Kier alpha value is 0.380. The van der Waals surface area contributed by atoms with E-state index in [1.807, 2.05) is 0 Å². The van der Waals surface area contributed by atoms with Gasteiger partial charge in [-0.3, -0.25) is 11.0 Å². The van der Waals surface area contributed by atoms with Gasteiger partial charge in [0, 0.05) is 5.38 Å². The van der Waals surface area contributed by atoms with Crippen LogP contribution in [-0.2, 0) is 16.3 Å². The molecular formula is C3H6ClN2OPS. The molecule has 9 heavy (non-hydrogen) atoms. The van der Waals surface area contributed by atoms with E-state index < -0.39 is 6.57 Å². The molecule has 0 atom stereocenters. The molecule has 0 aromatic heterocycles. The lowest BCUT2D eigenvalue weighted by Crippen LogP contribution is -2.07. The second-order valence-corrected chi connectivity index (χ2v) is 4.64. The van der Waals surface area contributed by atoms with Gasteiger partial charge in [0.2, 0.25) is 0 Å². The highest BCUT2D eigenvalue weighted by Crippen LogP contribution is 2.25. The first-order valence-electron chi connectivity index (χ1n) is 1.96. The van der Waals surface area contributed by atoms with Crippen LogP contribution in [0, 0.1) is 11.3 Å². The fraction of sp³-hybridized carbons (Fsp3) is 0.333. The Bertz CT molecular complexity index is 180. The van der Waals surface area contributed by atoms with Gasteiger partial charge >= 0.3 is 0 Å². The highest BCUT2D eigenvalue weighted by atomic mass is 35.5. The minimum absolute atomic E-state index is 0.105. The molecule has 4 N–H and O–H groups in total. The zero-order valence-electron chi connectivity index (χ0n) is 4.50. The predicted molar refractivity (Wildman–Crippen MR) is 42.2 cm³/mol. The van der Waals surface area contributed by atoms with Crippen LogP contribution in [0.5, 0.6) is 0 Å². The summed E-state index contributed by atoms with van der Waals surface area (Å²) >= 11 is 9.52. The second kappa shape index (κ2) is 4.24. The predicted octanol–water partition coefficient (Wildman–Crippen LogP) is 0.345. The van der Waals surface area contributed by atoms with E-state index in [0.717, 1.165) is 0 Å². The summed E-state index contributed by atoms with van der Waals surface area (Å²) in [6, 6.07) is 0. The van der Waals surface area contributed by atoms with E-state index in [0.29, 0.717) is 0 Å². The van der Waals surface area contributed by atoms with Crippen LogP contribution in [-0.4, -0.2) is 6.61 Å². The fourth-order valence-corrected chi connectivity index (χ4v) is 0.639. The van der Waals surface area contributed by atoms with Crippen molar-refractivity contribution in [1.29, 1.82) is 0 Å². The molecule has 0 unspecified atom stereocenters. The van der Waals surface area contributed by atoms with Crippen LogP contribution < -0.4 is 11.0 Å². The molecule has 0 bridgehead atoms. The van der Waals surface area contributed by atoms with E-state index in [2.05, 4.69) is 23.1 Å². The van der Waals surface area contributed by atoms with Gasteiger partial charge in [0.1, 0.15) is 6.61 Å². The molecule has 0 aliphatic carbocycles. The molecule has 0 spiro atoms. The van der Waals surface area contributed by atoms with Crippen molar-refractivity contribution in [1.82, 2.24) is 0 Å². The van der Waals surface area contributed by atoms with Crippen molar-refractivity contribution < 1.29 is 4.52 Å². The molecule has 0 saturated heterocycles. The Labute approximate surface area is 63.9 Å². The standard InChI is InChI=1S/C3H6ClN2OPS/c4-2-1-3-7-8(5,6)9/h3H2,(H4,5,6,9). The summed E-state index contributed by atoms with van der Waals surface area (Å²) in [5.74, 6) is 2.40. The fourth-order valence-electron chi connectivity index (χ4n) is 0.160. The average Bonchev–Trinajstić information content (AvgIpc) is 1.63. The molecule has 0 rings (SSSR count). The van der Waals surface area contributed by atoms with Gasteiger partial charge < -0.3 is 4.52 Å². The van der Waals surface area contributed by atoms with Crippen molar-refractivity contribution in [2.24, 2.45) is 11.0 Å². The molecule has 0 saturated carbocycles. The van der Waals surface area contributed by atoms with Gasteiger partial charge in [0.15, 0.2) is 6.57 Å². The molecule has 0 radical (unpaired) electrons. The minimum atomic E-state index is -2.52. The normalized spacial score (nSPS) is 10.1. The lowest BCUT2D eigenvalue weighted by molar-refractivity contribution is 0.410. The summed E-state index contributed by atoms with van der Waals surface area (Å²) < 4.78 is 4.69. The molecule has 0 aliphatic heterocycles. The lowest BCUT2D eigenvalue weighted by atomic mass is 10.8. The SMILES string of the molecule is NP(N)(=S)OCC#CCl. The van der Waals surface area contributed by atoms with Gasteiger partial charge in [-0.1, -0.05) is 5.92 Å². The van der Waals surface area contributed by atoms with Crippen LogP contribution in [0.3, 0.4) is 0 Å². The smallest absolute Gasteiger partial charge is 0.193 e. The molecule has 6 heteroatoms. The van der Waals surface area contributed by atoms with Crippen LogP contribution in [0.4, 0.5) is 0 Å². The van der Waals surface area contributed by atoms with Gasteiger partial charge in [-0.25, -0.2) is 0 Å². The topological polar surface area (TPSA) is 61.3 Å². The Morgan fingerprint density at radius 1 is 1.67 bits per heavy atom. The zero-order valence-corrected chi connectivity index (χ0v) is 6.97. The molecule has 0 aliphatic rings. The van der Waals surface area contributed by atoms with E-state index in [1.54, 1.807) is 0 Å². The van der Waals surface area contributed by atoms with Crippen molar-refractivity contribution in [3.63, 3.8) is 0 Å². The maximum atomic E-state index is 5.15. The minimum Gasteiger partial charge on any atom is -0.314 e. The zero-order chi connectivity index (χ0) is 7.33. The summed E-state index contributed by atoms with van der Waals surface area (Å²) in [7, 11) is 0. The van der Waals surface area contributed by atoms with Crippen LogP contribution in [0.15, 0.2) is 0 Å². The van der Waals surface area contributed by atoms with Gasteiger partial charge in [0.05, 0.1) is 0 Å². The third-order valence-corrected chi connectivity index (χ3v) is 1.39. The molecule has 0 heterocycles. The number of nitrogens with two attached hydrogens (primary N) is 2. The molecule has 0 amide bonds. The van der Waals surface area contributed by atoms with Crippen molar-refractivity contribution in [2.75, 3.05) is 6.61 Å². The number of halogens is 1. The molecular weight excluding hydrogens is 179 g/mol.